The molecule has 1 aromatic heterocycles. The summed E-state index contributed by atoms with van der Waals surface area (Å²) in [5.41, 5.74) is 8.07. The molecule has 5 aromatic rings. The van der Waals surface area contributed by atoms with Gasteiger partial charge in [-0.1, -0.05) is 82.9 Å². The molecule has 4 aromatic carbocycles. The van der Waals surface area contributed by atoms with E-state index in [0.717, 1.165) is 38.9 Å². The van der Waals surface area contributed by atoms with Crippen molar-refractivity contribution in [2.24, 2.45) is 0 Å². The van der Waals surface area contributed by atoms with Gasteiger partial charge in [0.2, 0.25) is 0 Å². The van der Waals surface area contributed by atoms with Gasteiger partial charge in [-0.3, -0.25) is 0 Å². The maximum absolute atomic E-state index is 6.43. The second kappa shape index (κ2) is 8.87. The average Bonchev–Trinajstić information content (AvgIpc) is 3.11. The van der Waals surface area contributed by atoms with Gasteiger partial charge in [0.05, 0.1) is 22.4 Å². The summed E-state index contributed by atoms with van der Waals surface area (Å²) < 4.78 is 2.32. The molecular formula is C32H32Cl2N2. The predicted octanol–water partition coefficient (Wildman–Crippen LogP) is 10.4. The smallest absolute Gasteiger partial charge is 0.0700 e. The Morgan fingerprint density at radius 1 is 0.583 bits per heavy atom. The number of hydrogen-bond acceptors (Lipinski definition) is 1. The molecule has 0 radical (unpaired) electrons. The summed E-state index contributed by atoms with van der Waals surface area (Å²) in [6, 6.07) is 27.6. The lowest BCUT2D eigenvalue weighted by atomic mass is 9.86. The first-order valence-corrected chi connectivity index (χ1v) is 13.1. The molecule has 184 valence electrons. The van der Waals surface area contributed by atoms with Crippen molar-refractivity contribution in [3.05, 3.63) is 100 Å². The largest absolute Gasteiger partial charge is 0.354 e. The van der Waals surface area contributed by atoms with Crippen molar-refractivity contribution >= 4 is 56.4 Å². The first-order valence-electron chi connectivity index (χ1n) is 12.3. The molecule has 2 nitrogen and oxygen atoms in total. The van der Waals surface area contributed by atoms with E-state index in [1.165, 1.54) is 11.1 Å². The maximum Gasteiger partial charge on any atom is 0.0700 e. The van der Waals surface area contributed by atoms with Crippen molar-refractivity contribution in [3.63, 3.8) is 0 Å². The quantitative estimate of drug-likeness (QED) is 0.253. The molecular weight excluding hydrogens is 483 g/mol. The first kappa shape index (κ1) is 24.7. The van der Waals surface area contributed by atoms with Crippen LogP contribution in [0.2, 0.25) is 10.0 Å². The van der Waals surface area contributed by atoms with Crippen LogP contribution in [0.1, 0.15) is 52.7 Å². The number of rotatable bonds is 3. The fraction of sp³-hybridized carbons (Fsp3) is 0.250. The number of nitrogens with zero attached hydrogens (tertiary/aromatic N) is 1. The number of anilines is 2. The molecule has 0 fully saturated rings. The van der Waals surface area contributed by atoms with E-state index in [9.17, 15) is 0 Å². The van der Waals surface area contributed by atoms with E-state index in [0.29, 0.717) is 10.0 Å². The third kappa shape index (κ3) is 4.61. The van der Waals surface area contributed by atoms with Crippen LogP contribution in [0.15, 0.2) is 78.9 Å². The van der Waals surface area contributed by atoms with Crippen LogP contribution in [0.5, 0.6) is 0 Å². The number of benzene rings is 4. The number of nitrogens with one attached hydrogen (secondary N) is 1. The maximum atomic E-state index is 6.43. The number of hydrogen-bond donors (Lipinski definition) is 1. The Labute approximate surface area is 223 Å². The highest BCUT2D eigenvalue weighted by Gasteiger charge is 2.20. The summed E-state index contributed by atoms with van der Waals surface area (Å²) in [5, 5.41) is 7.29. The third-order valence-electron chi connectivity index (χ3n) is 6.82. The van der Waals surface area contributed by atoms with Gasteiger partial charge >= 0.3 is 0 Å². The van der Waals surface area contributed by atoms with Crippen molar-refractivity contribution in [3.8, 4) is 5.69 Å². The van der Waals surface area contributed by atoms with Gasteiger partial charge in [0, 0.05) is 26.5 Å². The molecule has 5 rings (SSSR count). The Morgan fingerprint density at radius 3 is 1.58 bits per heavy atom. The van der Waals surface area contributed by atoms with E-state index >= 15 is 0 Å². The van der Waals surface area contributed by atoms with Crippen LogP contribution in [0.4, 0.5) is 11.4 Å². The van der Waals surface area contributed by atoms with Gasteiger partial charge < -0.3 is 9.88 Å². The van der Waals surface area contributed by atoms with E-state index in [-0.39, 0.29) is 10.8 Å². The number of fused-ring (bicyclic) bond motifs is 3. The normalized spacial score (nSPS) is 12.4. The highest BCUT2D eigenvalue weighted by Crippen LogP contribution is 2.39. The summed E-state index contributed by atoms with van der Waals surface area (Å²) in [6.45, 7) is 13.4. The zero-order chi connectivity index (χ0) is 25.8. The summed E-state index contributed by atoms with van der Waals surface area (Å²) in [5.74, 6) is 0. The van der Waals surface area contributed by atoms with Crippen molar-refractivity contribution in [1.82, 2.24) is 4.57 Å². The van der Waals surface area contributed by atoms with Gasteiger partial charge in [-0.05, 0) is 82.6 Å². The highest BCUT2D eigenvalue weighted by atomic mass is 35.5. The summed E-state index contributed by atoms with van der Waals surface area (Å²) in [7, 11) is 0. The van der Waals surface area contributed by atoms with Gasteiger partial charge in [0.25, 0.3) is 0 Å². The molecule has 0 saturated heterocycles. The molecule has 36 heavy (non-hydrogen) atoms. The van der Waals surface area contributed by atoms with Crippen molar-refractivity contribution in [2.45, 2.75) is 52.4 Å². The topological polar surface area (TPSA) is 17.0 Å². The lowest BCUT2D eigenvalue weighted by Crippen LogP contribution is -2.13. The van der Waals surface area contributed by atoms with Crippen LogP contribution >= 0.6 is 23.2 Å². The fourth-order valence-corrected chi connectivity index (χ4v) is 5.07. The van der Waals surface area contributed by atoms with Crippen LogP contribution in [0.25, 0.3) is 27.5 Å². The second-order valence-electron chi connectivity index (χ2n) is 11.6. The minimum absolute atomic E-state index is 0.00696. The molecule has 1 N–H and O–H groups in total. The van der Waals surface area contributed by atoms with E-state index in [1.807, 2.05) is 24.3 Å². The molecule has 0 aliphatic heterocycles. The van der Waals surface area contributed by atoms with Crippen LogP contribution in [0, 0.1) is 0 Å². The Morgan fingerprint density at radius 2 is 1.08 bits per heavy atom. The lowest BCUT2D eigenvalue weighted by Gasteiger charge is -2.23. The third-order valence-corrected chi connectivity index (χ3v) is 7.29. The van der Waals surface area contributed by atoms with Gasteiger partial charge in [-0.15, -0.1) is 0 Å². The van der Waals surface area contributed by atoms with E-state index in [2.05, 4.69) is 106 Å². The Kier molecular flexibility index (Phi) is 6.09. The summed E-state index contributed by atoms with van der Waals surface area (Å²) >= 11 is 12.9. The Bertz CT molecular complexity index is 1520. The predicted molar refractivity (Wildman–Crippen MR) is 158 cm³/mol. The van der Waals surface area contributed by atoms with Crippen molar-refractivity contribution in [2.75, 3.05) is 5.32 Å². The molecule has 0 aliphatic rings. The fourth-order valence-electron chi connectivity index (χ4n) is 4.73. The summed E-state index contributed by atoms with van der Waals surface area (Å²) in [4.78, 5) is 0. The van der Waals surface area contributed by atoms with Gasteiger partial charge in [0.1, 0.15) is 0 Å². The van der Waals surface area contributed by atoms with Gasteiger partial charge in [-0.25, -0.2) is 0 Å². The minimum atomic E-state index is 0.00696. The molecule has 0 amide bonds. The van der Waals surface area contributed by atoms with Crippen molar-refractivity contribution < 1.29 is 0 Å². The average molecular weight is 516 g/mol. The van der Waals surface area contributed by atoms with E-state index in [1.54, 1.807) is 0 Å². The number of halogens is 2. The molecule has 0 spiro atoms. The van der Waals surface area contributed by atoms with E-state index in [4.69, 9.17) is 23.2 Å². The SMILES string of the molecule is CC(C)(C)c1ccc(Nc2ccc(C(C)(C)C)cc2-n2c3ccc(Cl)cc3c3cc(Cl)ccc32)cc1. The van der Waals surface area contributed by atoms with E-state index < -0.39 is 0 Å². The Hall–Kier alpha value is -2.94. The molecule has 1 heterocycles. The zero-order valence-corrected chi connectivity index (χ0v) is 23.2. The minimum Gasteiger partial charge on any atom is -0.354 e. The second-order valence-corrected chi connectivity index (χ2v) is 12.5. The molecule has 0 atom stereocenters. The molecule has 0 unspecified atom stereocenters. The molecule has 0 saturated carbocycles. The van der Waals surface area contributed by atoms with Gasteiger partial charge in [-0.2, -0.15) is 0 Å². The molecule has 0 aliphatic carbocycles. The van der Waals surface area contributed by atoms with Crippen LogP contribution in [-0.4, -0.2) is 4.57 Å². The van der Waals surface area contributed by atoms with Crippen LogP contribution in [-0.2, 0) is 10.8 Å². The monoisotopic (exact) mass is 514 g/mol. The highest BCUT2D eigenvalue weighted by molar-refractivity contribution is 6.33. The van der Waals surface area contributed by atoms with Crippen molar-refractivity contribution in [1.29, 1.82) is 0 Å². The zero-order valence-electron chi connectivity index (χ0n) is 21.7. The van der Waals surface area contributed by atoms with Gasteiger partial charge in [0.15, 0.2) is 0 Å². The first-order chi connectivity index (χ1) is 16.9. The Balaban J connectivity index is 1.75. The molecule has 4 heteroatoms. The number of aromatic nitrogens is 1. The molecule has 0 bridgehead atoms. The standard InChI is InChI=1S/C32H32Cl2N2/c1-31(2,3)20-7-12-24(13-8-20)35-27-14-9-21(32(4,5)6)17-30(27)36-28-15-10-22(33)18-25(28)26-19-23(34)11-16-29(26)36/h7-19,35H,1-6H3. The van der Waals surface area contributed by atoms with Crippen LogP contribution < -0.4 is 5.32 Å². The summed E-state index contributed by atoms with van der Waals surface area (Å²) in [6.07, 6.45) is 0. The van der Waals surface area contributed by atoms with Crippen LogP contribution in [0.3, 0.4) is 0 Å². The lowest BCUT2D eigenvalue weighted by molar-refractivity contribution is 0.590.